The lowest BCUT2D eigenvalue weighted by atomic mass is 9.95. The van der Waals surface area contributed by atoms with Crippen LogP contribution >= 0.6 is 11.8 Å². The predicted octanol–water partition coefficient (Wildman–Crippen LogP) is 3.34. The number of carbonyl (C=O) groups excluding carboxylic acids is 1. The van der Waals surface area contributed by atoms with Crippen LogP contribution in [0.25, 0.3) is 0 Å². The molecule has 0 bridgehead atoms. The molecule has 0 saturated heterocycles. The maximum atomic E-state index is 12.4. The van der Waals surface area contributed by atoms with E-state index in [4.69, 9.17) is 0 Å². The second-order valence-electron chi connectivity index (χ2n) is 6.72. The van der Waals surface area contributed by atoms with Crippen LogP contribution < -0.4 is 5.32 Å². The quantitative estimate of drug-likeness (QED) is 0.805. The Hall–Kier alpha value is -1.82. The molecule has 3 rings (SSSR count). The van der Waals surface area contributed by atoms with Gasteiger partial charge in [-0.1, -0.05) is 61.4 Å². The molecule has 1 heterocycles. The van der Waals surface area contributed by atoms with Gasteiger partial charge < -0.3 is 9.88 Å². The van der Waals surface area contributed by atoms with E-state index in [1.807, 2.05) is 36.7 Å². The average Bonchev–Trinajstić information content (AvgIpc) is 2.97. The zero-order valence-electron chi connectivity index (χ0n) is 14.9. The van der Waals surface area contributed by atoms with E-state index < -0.39 is 0 Å². The molecule has 6 heteroatoms. The Morgan fingerprint density at radius 3 is 2.68 bits per heavy atom. The summed E-state index contributed by atoms with van der Waals surface area (Å²) in [5.41, 5.74) is 1.21. The van der Waals surface area contributed by atoms with Crippen molar-refractivity contribution in [3.8, 4) is 0 Å². The standard InChI is InChI=1S/C19H26N4OS/c1-14(18(24)20-16-11-7-4-8-12-16)25-19-22-21-17(23(19)2)13-15-9-5-3-6-10-15/h3,5-6,9-10,14,16H,4,7-8,11-13H2,1-2H3,(H,20,24)/t14-/m0/s1. The fourth-order valence-electron chi connectivity index (χ4n) is 3.16. The summed E-state index contributed by atoms with van der Waals surface area (Å²) in [7, 11) is 1.96. The molecule has 1 atom stereocenters. The van der Waals surface area contributed by atoms with Gasteiger partial charge in [-0.2, -0.15) is 0 Å². The van der Waals surface area contributed by atoms with Crippen LogP contribution in [0.3, 0.4) is 0 Å². The Labute approximate surface area is 153 Å². The maximum absolute atomic E-state index is 12.4. The van der Waals surface area contributed by atoms with E-state index in [2.05, 4.69) is 27.6 Å². The highest BCUT2D eigenvalue weighted by molar-refractivity contribution is 8.00. The zero-order chi connectivity index (χ0) is 17.6. The van der Waals surface area contributed by atoms with E-state index in [0.717, 1.165) is 30.2 Å². The van der Waals surface area contributed by atoms with Crippen molar-refractivity contribution < 1.29 is 4.79 Å². The number of rotatable bonds is 6. The molecule has 1 N–H and O–H groups in total. The van der Waals surface area contributed by atoms with Crippen LogP contribution in [-0.2, 0) is 18.3 Å². The van der Waals surface area contributed by atoms with Gasteiger partial charge in [0.1, 0.15) is 5.82 Å². The number of carbonyl (C=O) groups is 1. The average molecular weight is 359 g/mol. The van der Waals surface area contributed by atoms with Gasteiger partial charge in [-0.3, -0.25) is 4.79 Å². The zero-order valence-corrected chi connectivity index (χ0v) is 15.8. The molecule has 1 saturated carbocycles. The molecule has 1 fully saturated rings. The molecule has 134 valence electrons. The minimum absolute atomic E-state index is 0.101. The van der Waals surface area contributed by atoms with Gasteiger partial charge in [-0.25, -0.2) is 0 Å². The Kier molecular flexibility index (Phi) is 6.13. The summed E-state index contributed by atoms with van der Waals surface area (Å²) in [5.74, 6) is 1.01. The Bertz CT molecular complexity index is 695. The first-order chi connectivity index (χ1) is 12.1. The van der Waals surface area contributed by atoms with Crippen LogP contribution in [0.1, 0.15) is 50.4 Å². The molecule has 0 aliphatic heterocycles. The lowest BCUT2D eigenvalue weighted by Gasteiger charge is -2.24. The van der Waals surface area contributed by atoms with Gasteiger partial charge in [0.25, 0.3) is 0 Å². The third-order valence-corrected chi connectivity index (χ3v) is 5.87. The van der Waals surface area contributed by atoms with E-state index in [-0.39, 0.29) is 11.2 Å². The molecule has 0 unspecified atom stereocenters. The molecule has 1 aliphatic rings. The first-order valence-electron chi connectivity index (χ1n) is 9.02. The van der Waals surface area contributed by atoms with E-state index in [0.29, 0.717) is 6.04 Å². The summed E-state index contributed by atoms with van der Waals surface area (Å²) < 4.78 is 1.99. The monoisotopic (exact) mass is 358 g/mol. The van der Waals surface area contributed by atoms with Crippen molar-refractivity contribution in [2.45, 2.75) is 61.9 Å². The van der Waals surface area contributed by atoms with Crippen LogP contribution in [0, 0.1) is 0 Å². The van der Waals surface area contributed by atoms with Crippen molar-refractivity contribution >= 4 is 17.7 Å². The highest BCUT2D eigenvalue weighted by Crippen LogP contribution is 2.23. The normalized spacial score (nSPS) is 16.6. The van der Waals surface area contributed by atoms with E-state index >= 15 is 0 Å². The third kappa shape index (κ3) is 4.84. The molecule has 0 spiro atoms. The number of thioether (sulfide) groups is 1. The van der Waals surface area contributed by atoms with Gasteiger partial charge in [-0.05, 0) is 25.3 Å². The van der Waals surface area contributed by atoms with Gasteiger partial charge in [-0.15, -0.1) is 10.2 Å². The molecule has 0 radical (unpaired) electrons. The van der Waals surface area contributed by atoms with Crippen molar-refractivity contribution in [2.24, 2.45) is 7.05 Å². The Morgan fingerprint density at radius 2 is 1.96 bits per heavy atom. The number of hydrogen-bond donors (Lipinski definition) is 1. The second kappa shape index (κ2) is 8.52. The lowest BCUT2D eigenvalue weighted by molar-refractivity contribution is -0.121. The van der Waals surface area contributed by atoms with Crippen LogP contribution in [0.2, 0.25) is 0 Å². The molecule has 1 aromatic heterocycles. The summed E-state index contributed by atoms with van der Waals surface area (Å²) in [6.45, 7) is 1.94. The summed E-state index contributed by atoms with van der Waals surface area (Å²) >= 11 is 1.48. The fraction of sp³-hybridized carbons (Fsp3) is 0.526. The number of aromatic nitrogens is 3. The van der Waals surface area contributed by atoms with Gasteiger partial charge in [0.15, 0.2) is 5.16 Å². The van der Waals surface area contributed by atoms with Crippen molar-refractivity contribution in [3.63, 3.8) is 0 Å². The van der Waals surface area contributed by atoms with Gasteiger partial charge in [0.2, 0.25) is 5.91 Å². The first-order valence-corrected chi connectivity index (χ1v) is 9.90. The highest BCUT2D eigenvalue weighted by Gasteiger charge is 2.22. The molecular formula is C19H26N4OS. The largest absolute Gasteiger partial charge is 0.352 e. The summed E-state index contributed by atoms with van der Waals surface area (Å²) in [6.07, 6.45) is 6.69. The minimum Gasteiger partial charge on any atom is -0.352 e. The number of nitrogens with one attached hydrogen (secondary N) is 1. The first kappa shape index (κ1) is 18.0. The van der Waals surface area contributed by atoms with Crippen LogP contribution in [0.5, 0.6) is 0 Å². The topological polar surface area (TPSA) is 59.8 Å². The van der Waals surface area contributed by atoms with Crippen molar-refractivity contribution in [1.82, 2.24) is 20.1 Å². The van der Waals surface area contributed by atoms with E-state index in [9.17, 15) is 4.79 Å². The van der Waals surface area contributed by atoms with E-state index in [1.165, 1.54) is 36.6 Å². The third-order valence-electron chi connectivity index (χ3n) is 4.73. The summed E-state index contributed by atoms with van der Waals surface area (Å²) in [4.78, 5) is 12.4. The molecule has 1 amide bonds. The lowest BCUT2D eigenvalue weighted by Crippen LogP contribution is -2.40. The number of benzene rings is 1. The van der Waals surface area contributed by atoms with Crippen molar-refractivity contribution in [2.75, 3.05) is 0 Å². The van der Waals surface area contributed by atoms with E-state index in [1.54, 1.807) is 0 Å². The molecule has 1 aliphatic carbocycles. The molecule has 1 aromatic carbocycles. The molecule has 5 nitrogen and oxygen atoms in total. The van der Waals surface area contributed by atoms with Crippen LogP contribution in [0.15, 0.2) is 35.5 Å². The van der Waals surface area contributed by atoms with Crippen LogP contribution in [-0.4, -0.2) is 32.0 Å². The summed E-state index contributed by atoms with van der Waals surface area (Å²) in [6, 6.07) is 10.6. The van der Waals surface area contributed by atoms with Gasteiger partial charge in [0, 0.05) is 19.5 Å². The summed E-state index contributed by atoms with van der Waals surface area (Å²) in [5, 5.41) is 12.4. The maximum Gasteiger partial charge on any atom is 0.233 e. The smallest absolute Gasteiger partial charge is 0.233 e. The Morgan fingerprint density at radius 1 is 1.24 bits per heavy atom. The minimum atomic E-state index is -0.172. The second-order valence-corrected chi connectivity index (χ2v) is 8.03. The number of amides is 1. The van der Waals surface area contributed by atoms with Crippen molar-refractivity contribution in [1.29, 1.82) is 0 Å². The van der Waals surface area contributed by atoms with Crippen LogP contribution in [0.4, 0.5) is 0 Å². The molecule has 25 heavy (non-hydrogen) atoms. The fourth-order valence-corrected chi connectivity index (χ4v) is 4.00. The Balaban J connectivity index is 1.57. The molecular weight excluding hydrogens is 332 g/mol. The van der Waals surface area contributed by atoms with Gasteiger partial charge >= 0.3 is 0 Å². The highest BCUT2D eigenvalue weighted by atomic mass is 32.2. The number of hydrogen-bond acceptors (Lipinski definition) is 4. The van der Waals surface area contributed by atoms with Gasteiger partial charge in [0.05, 0.1) is 5.25 Å². The van der Waals surface area contributed by atoms with Crippen molar-refractivity contribution in [3.05, 3.63) is 41.7 Å². The predicted molar refractivity (Wildman–Crippen MR) is 101 cm³/mol. The molecule has 2 aromatic rings. The number of nitrogens with zero attached hydrogens (tertiary/aromatic N) is 3. The SMILES string of the molecule is C[C@H](Sc1nnc(Cc2ccccc2)n1C)C(=O)NC1CCCCC1.